The van der Waals surface area contributed by atoms with Crippen molar-refractivity contribution in [1.29, 1.82) is 0 Å². The SMILES string of the molecule is CC(=O)N(C)CC1CCN(CC2CCCC2)CC1. The lowest BCUT2D eigenvalue weighted by molar-refractivity contribution is -0.128. The van der Waals surface area contributed by atoms with Gasteiger partial charge in [0.15, 0.2) is 0 Å². The van der Waals surface area contributed by atoms with E-state index in [2.05, 4.69) is 4.90 Å². The van der Waals surface area contributed by atoms with Crippen molar-refractivity contribution in [2.24, 2.45) is 11.8 Å². The lowest BCUT2D eigenvalue weighted by Gasteiger charge is -2.35. The molecule has 1 heterocycles. The van der Waals surface area contributed by atoms with Crippen LogP contribution in [0.5, 0.6) is 0 Å². The van der Waals surface area contributed by atoms with E-state index in [-0.39, 0.29) is 5.91 Å². The molecular weight excluding hydrogens is 224 g/mol. The van der Waals surface area contributed by atoms with Crippen molar-refractivity contribution in [2.75, 3.05) is 33.2 Å². The second-order valence-corrected chi connectivity index (χ2v) is 6.29. The van der Waals surface area contributed by atoms with Crippen molar-refractivity contribution in [3.05, 3.63) is 0 Å². The van der Waals surface area contributed by atoms with Crippen LogP contribution in [0.1, 0.15) is 45.4 Å². The second kappa shape index (κ2) is 6.55. The van der Waals surface area contributed by atoms with Gasteiger partial charge in [-0.2, -0.15) is 0 Å². The Hall–Kier alpha value is -0.570. The molecular formula is C15H28N2O. The average Bonchev–Trinajstić information content (AvgIpc) is 2.84. The monoisotopic (exact) mass is 252 g/mol. The van der Waals surface area contributed by atoms with Crippen LogP contribution in [0.3, 0.4) is 0 Å². The minimum atomic E-state index is 0.198. The van der Waals surface area contributed by atoms with Crippen LogP contribution in [-0.4, -0.2) is 48.9 Å². The van der Waals surface area contributed by atoms with Crippen LogP contribution in [0.4, 0.5) is 0 Å². The van der Waals surface area contributed by atoms with E-state index in [0.29, 0.717) is 0 Å². The Labute approximate surface area is 112 Å². The number of carbonyl (C=O) groups excluding carboxylic acids is 1. The zero-order chi connectivity index (χ0) is 13.0. The van der Waals surface area contributed by atoms with Gasteiger partial charge in [-0.3, -0.25) is 4.79 Å². The lowest BCUT2D eigenvalue weighted by Crippen LogP contribution is -2.40. The molecule has 104 valence electrons. The number of hydrogen-bond acceptors (Lipinski definition) is 2. The van der Waals surface area contributed by atoms with Gasteiger partial charge in [0.2, 0.25) is 5.91 Å². The van der Waals surface area contributed by atoms with Gasteiger partial charge in [-0.25, -0.2) is 0 Å². The summed E-state index contributed by atoms with van der Waals surface area (Å²) in [5.41, 5.74) is 0. The van der Waals surface area contributed by atoms with Crippen LogP contribution in [0, 0.1) is 11.8 Å². The Kier molecular flexibility index (Phi) is 5.04. The van der Waals surface area contributed by atoms with Crippen molar-refractivity contribution in [2.45, 2.75) is 45.4 Å². The summed E-state index contributed by atoms with van der Waals surface area (Å²) in [6.07, 6.45) is 8.34. The van der Waals surface area contributed by atoms with E-state index < -0.39 is 0 Å². The highest BCUT2D eigenvalue weighted by Gasteiger charge is 2.24. The molecule has 1 saturated heterocycles. The first-order valence-electron chi connectivity index (χ1n) is 7.59. The van der Waals surface area contributed by atoms with E-state index >= 15 is 0 Å². The molecule has 0 unspecified atom stereocenters. The maximum atomic E-state index is 11.2. The van der Waals surface area contributed by atoms with E-state index in [1.165, 1.54) is 58.2 Å². The van der Waals surface area contributed by atoms with Crippen LogP contribution in [0.25, 0.3) is 0 Å². The van der Waals surface area contributed by atoms with Crippen molar-refractivity contribution in [1.82, 2.24) is 9.80 Å². The minimum absolute atomic E-state index is 0.198. The van der Waals surface area contributed by atoms with E-state index in [1.807, 2.05) is 11.9 Å². The van der Waals surface area contributed by atoms with Crippen LogP contribution in [0.2, 0.25) is 0 Å². The standard InChI is InChI=1S/C15H28N2O/c1-13(18)16(2)11-15-7-9-17(10-8-15)12-14-5-3-4-6-14/h14-15H,3-12H2,1-2H3. The van der Waals surface area contributed by atoms with Crippen LogP contribution in [0.15, 0.2) is 0 Å². The molecule has 0 bridgehead atoms. The Morgan fingerprint density at radius 1 is 1.11 bits per heavy atom. The molecule has 0 atom stereocenters. The summed E-state index contributed by atoms with van der Waals surface area (Å²) >= 11 is 0. The van der Waals surface area contributed by atoms with E-state index in [4.69, 9.17) is 0 Å². The molecule has 0 aromatic rings. The zero-order valence-electron chi connectivity index (χ0n) is 12.0. The quantitative estimate of drug-likeness (QED) is 0.767. The smallest absolute Gasteiger partial charge is 0.219 e. The molecule has 0 aromatic heterocycles. The Balaban J connectivity index is 1.66. The van der Waals surface area contributed by atoms with Gasteiger partial charge in [0, 0.05) is 27.1 Å². The molecule has 18 heavy (non-hydrogen) atoms. The topological polar surface area (TPSA) is 23.6 Å². The Morgan fingerprint density at radius 2 is 1.72 bits per heavy atom. The number of amides is 1. The van der Waals surface area contributed by atoms with E-state index in [9.17, 15) is 4.79 Å². The van der Waals surface area contributed by atoms with Crippen molar-refractivity contribution >= 4 is 5.91 Å². The fraction of sp³-hybridized carbons (Fsp3) is 0.933. The molecule has 3 heteroatoms. The van der Waals surface area contributed by atoms with Crippen LogP contribution < -0.4 is 0 Å². The Bertz CT molecular complexity index is 266. The third-order valence-corrected chi connectivity index (χ3v) is 4.77. The summed E-state index contributed by atoms with van der Waals surface area (Å²) in [7, 11) is 1.92. The number of piperidine rings is 1. The summed E-state index contributed by atoms with van der Waals surface area (Å²) in [5, 5.41) is 0. The second-order valence-electron chi connectivity index (χ2n) is 6.29. The number of hydrogen-bond donors (Lipinski definition) is 0. The predicted octanol–water partition coefficient (Wildman–Crippen LogP) is 2.37. The third-order valence-electron chi connectivity index (χ3n) is 4.77. The van der Waals surface area contributed by atoms with Crippen molar-refractivity contribution < 1.29 is 4.79 Å². The fourth-order valence-corrected chi connectivity index (χ4v) is 3.43. The van der Waals surface area contributed by atoms with Crippen molar-refractivity contribution in [3.8, 4) is 0 Å². The summed E-state index contributed by atoms with van der Waals surface area (Å²) < 4.78 is 0. The first kappa shape index (κ1) is 13.9. The third kappa shape index (κ3) is 3.98. The first-order valence-corrected chi connectivity index (χ1v) is 7.59. The van der Waals surface area contributed by atoms with E-state index in [0.717, 1.165) is 18.4 Å². The number of likely N-dealkylation sites (tertiary alicyclic amines) is 1. The van der Waals surface area contributed by atoms with Gasteiger partial charge in [-0.05, 0) is 50.6 Å². The van der Waals surface area contributed by atoms with Crippen LogP contribution in [-0.2, 0) is 4.79 Å². The van der Waals surface area contributed by atoms with Crippen LogP contribution >= 0.6 is 0 Å². The number of carbonyl (C=O) groups is 1. The van der Waals surface area contributed by atoms with Gasteiger partial charge >= 0.3 is 0 Å². The molecule has 2 rings (SSSR count). The maximum absolute atomic E-state index is 11.2. The normalized spacial score (nSPS) is 23.4. The summed E-state index contributed by atoms with van der Waals surface area (Å²) in [4.78, 5) is 15.8. The molecule has 1 aliphatic carbocycles. The number of rotatable bonds is 4. The number of nitrogens with zero attached hydrogens (tertiary/aromatic N) is 2. The fourth-order valence-electron chi connectivity index (χ4n) is 3.43. The van der Waals surface area contributed by atoms with Gasteiger partial charge in [0.25, 0.3) is 0 Å². The lowest BCUT2D eigenvalue weighted by atomic mass is 9.95. The summed E-state index contributed by atoms with van der Waals surface area (Å²) in [6.45, 7) is 6.43. The Morgan fingerprint density at radius 3 is 2.28 bits per heavy atom. The molecule has 1 saturated carbocycles. The molecule has 0 spiro atoms. The molecule has 0 radical (unpaired) electrons. The van der Waals surface area contributed by atoms with E-state index in [1.54, 1.807) is 6.92 Å². The zero-order valence-corrected chi connectivity index (χ0v) is 12.0. The summed E-state index contributed by atoms with van der Waals surface area (Å²) in [5.74, 6) is 1.89. The van der Waals surface area contributed by atoms with Crippen molar-refractivity contribution in [3.63, 3.8) is 0 Å². The molecule has 0 aromatic carbocycles. The average molecular weight is 252 g/mol. The van der Waals surface area contributed by atoms with Gasteiger partial charge < -0.3 is 9.80 Å². The molecule has 3 nitrogen and oxygen atoms in total. The molecule has 2 aliphatic rings. The molecule has 2 fully saturated rings. The maximum Gasteiger partial charge on any atom is 0.219 e. The predicted molar refractivity (Wildman–Crippen MR) is 74.4 cm³/mol. The van der Waals surface area contributed by atoms with Gasteiger partial charge in [-0.1, -0.05) is 12.8 Å². The molecule has 1 aliphatic heterocycles. The van der Waals surface area contributed by atoms with Gasteiger partial charge in [0.1, 0.15) is 0 Å². The molecule has 1 amide bonds. The first-order chi connectivity index (χ1) is 8.65. The van der Waals surface area contributed by atoms with Gasteiger partial charge in [-0.15, -0.1) is 0 Å². The largest absolute Gasteiger partial charge is 0.346 e. The highest BCUT2D eigenvalue weighted by atomic mass is 16.2. The highest BCUT2D eigenvalue weighted by Crippen LogP contribution is 2.27. The highest BCUT2D eigenvalue weighted by molar-refractivity contribution is 5.72. The molecule has 0 N–H and O–H groups in total. The van der Waals surface area contributed by atoms with Gasteiger partial charge in [0.05, 0.1) is 0 Å². The minimum Gasteiger partial charge on any atom is -0.346 e. The summed E-state index contributed by atoms with van der Waals surface area (Å²) in [6, 6.07) is 0.